The van der Waals surface area contributed by atoms with Gasteiger partial charge in [-0.1, -0.05) is 72.5 Å². The Hall–Kier alpha value is -3.94. The van der Waals surface area contributed by atoms with Crippen LogP contribution in [0.3, 0.4) is 0 Å². The van der Waals surface area contributed by atoms with Crippen molar-refractivity contribution in [3.05, 3.63) is 87.9 Å². The van der Waals surface area contributed by atoms with Gasteiger partial charge in [0.15, 0.2) is 10.1 Å². The average Bonchev–Trinajstić information content (AvgIpc) is 3.41. The Morgan fingerprint density at radius 3 is 2.69 bits per heavy atom. The molecule has 8 nitrogen and oxygen atoms in total. The first-order valence-corrected chi connectivity index (χ1v) is 14.6. The van der Waals surface area contributed by atoms with Crippen molar-refractivity contribution >= 4 is 45.6 Å². The maximum atomic E-state index is 13.3. The molecule has 2 aromatic carbocycles. The van der Waals surface area contributed by atoms with Crippen LogP contribution in [-0.2, 0) is 16.0 Å². The number of rotatable bonds is 7. The highest BCUT2D eigenvalue weighted by Gasteiger charge is 2.41. The highest BCUT2D eigenvalue weighted by Crippen LogP contribution is 2.47. The van der Waals surface area contributed by atoms with Crippen LogP contribution in [0.15, 0.2) is 75.5 Å². The molecule has 1 aliphatic carbocycles. The van der Waals surface area contributed by atoms with Crippen LogP contribution in [0.5, 0.6) is 0 Å². The van der Waals surface area contributed by atoms with Crippen LogP contribution in [-0.4, -0.2) is 27.6 Å². The molecule has 0 radical (unpaired) electrons. The second-order valence-electron chi connectivity index (χ2n) is 9.41. The second kappa shape index (κ2) is 11.4. The van der Waals surface area contributed by atoms with Gasteiger partial charge in [-0.25, -0.2) is 0 Å². The molecule has 10 heteroatoms. The molecule has 0 fully saturated rings. The number of aryl methyl sites for hydroxylation is 2. The lowest BCUT2D eigenvalue weighted by molar-refractivity contribution is -0.116. The molecular weight excluding hydrogens is 528 g/mol. The molecule has 1 aromatic heterocycles. The minimum Gasteiger partial charge on any atom is -0.384 e. The van der Waals surface area contributed by atoms with Gasteiger partial charge in [0.25, 0.3) is 0 Å². The third-order valence-electron chi connectivity index (χ3n) is 6.97. The predicted molar refractivity (Wildman–Crippen MR) is 154 cm³/mol. The number of allylic oxidation sites excluding steroid dienone is 3. The number of carbonyl (C=O) groups excluding carboxylic acids is 2. The van der Waals surface area contributed by atoms with Crippen molar-refractivity contribution in [2.75, 3.05) is 16.0 Å². The number of hydrogen-bond acceptors (Lipinski definition) is 9. The van der Waals surface area contributed by atoms with E-state index < -0.39 is 5.92 Å². The molecule has 2 heterocycles. The van der Waals surface area contributed by atoms with Crippen LogP contribution in [0.25, 0.3) is 0 Å². The highest BCUT2D eigenvalue weighted by molar-refractivity contribution is 8.01. The number of carbonyl (C=O) groups is 2. The van der Waals surface area contributed by atoms with Crippen molar-refractivity contribution in [3.63, 3.8) is 0 Å². The van der Waals surface area contributed by atoms with Crippen molar-refractivity contribution < 1.29 is 9.59 Å². The van der Waals surface area contributed by atoms with E-state index >= 15 is 0 Å². The van der Waals surface area contributed by atoms with Crippen molar-refractivity contribution in [2.24, 2.45) is 5.73 Å². The van der Waals surface area contributed by atoms with Crippen LogP contribution in [0.4, 0.5) is 10.8 Å². The number of hydrogen-bond donors (Lipinski definition) is 2. The summed E-state index contributed by atoms with van der Waals surface area (Å²) in [6.07, 6.45) is 2.68. The largest absolute Gasteiger partial charge is 0.384 e. The van der Waals surface area contributed by atoms with Crippen LogP contribution in [0.2, 0.25) is 0 Å². The summed E-state index contributed by atoms with van der Waals surface area (Å²) in [7, 11) is 0. The summed E-state index contributed by atoms with van der Waals surface area (Å²) in [5, 5.41) is 22.2. The van der Waals surface area contributed by atoms with Gasteiger partial charge in [0.05, 0.1) is 23.3 Å². The quantitative estimate of drug-likeness (QED) is 0.368. The SMILES string of the molecule is CCc1ccc(C2C(C#N)=C(N)N(c3nnc(SCC(=O)Nc4ccccc4C)s3)C3=C2C(=O)CCC3)cc1. The van der Waals surface area contributed by atoms with Crippen molar-refractivity contribution in [1.82, 2.24) is 10.2 Å². The van der Waals surface area contributed by atoms with Crippen LogP contribution in [0.1, 0.15) is 48.8 Å². The van der Waals surface area contributed by atoms with Gasteiger partial charge in [0.2, 0.25) is 11.0 Å². The number of nitrogens with one attached hydrogen (secondary N) is 1. The summed E-state index contributed by atoms with van der Waals surface area (Å²) < 4.78 is 0.595. The summed E-state index contributed by atoms with van der Waals surface area (Å²) in [5.74, 6) is -0.194. The lowest BCUT2D eigenvalue weighted by Gasteiger charge is -2.38. The molecule has 0 bridgehead atoms. The van der Waals surface area contributed by atoms with Gasteiger partial charge in [-0.3, -0.25) is 14.5 Å². The predicted octanol–water partition coefficient (Wildman–Crippen LogP) is 5.44. The fourth-order valence-corrected chi connectivity index (χ4v) is 6.64. The Bertz CT molecular complexity index is 1530. The molecule has 1 atom stereocenters. The number of nitriles is 1. The first-order valence-electron chi connectivity index (χ1n) is 12.8. The number of benzene rings is 2. The van der Waals surface area contributed by atoms with Crippen LogP contribution >= 0.6 is 23.1 Å². The topological polar surface area (TPSA) is 125 Å². The molecule has 0 saturated heterocycles. The molecule has 5 rings (SSSR count). The maximum Gasteiger partial charge on any atom is 0.234 e. The zero-order valence-electron chi connectivity index (χ0n) is 21.7. The first-order chi connectivity index (χ1) is 18.9. The Balaban J connectivity index is 1.42. The molecule has 3 aromatic rings. The normalized spacial score (nSPS) is 17.2. The molecular formula is C29H28N6O2S2. The molecule has 0 spiro atoms. The minimum absolute atomic E-state index is 0.0260. The smallest absolute Gasteiger partial charge is 0.234 e. The van der Waals surface area contributed by atoms with Gasteiger partial charge >= 0.3 is 0 Å². The maximum absolute atomic E-state index is 13.3. The fourth-order valence-electron chi connectivity index (χ4n) is 4.96. The van der Waals surface area contributed by atoms with E-state index in [1.165, 1.54) is 28.7 Å². The number of aromatic nitrogens is 2. The monoisotopic (exact) mass is 556 g/mol. The van der Waals surface area contributed by atoms with E-state index in [1.54, 1.807) is 4.90 Å². The van der Waals surface area contributed by atoms with E-state index in [4.69, 9.17) is 5.73 Å². The number of thioether (sulfide) groups is 1. The molecule has 1 unspecified atom stereocenters. The van der Waals surface area contributed by atoms with E-state index in [0.717, 1.165) is 28.9 Å². The van der Waals surface area contributed by atoms with Crippen LogP contribution in [0, 0.1) is 18.3 Å². The van der Waals surface area contributed by atoms with Gasteiger partial charge in [0, 0.05) is 23.4 Å². The number of ketones is 1. The third-order valence-corrected chi connectivity index (χ3v) is 9.01. The number of nitrogens with two attached hydrogens (primary N) is 1. The Labute approximate surface area is 235 Å². The average molecular weight is 557 g/mol. The summed E-state index contributed by atoms with van der Waals surface area (Å²) in [5.41, 5.74) is 12.2. The van der Waals surface area contributed by atoms with E-state index in [-0.39, 0.29) is 23.3 Å². The lowest BCUT2D eigenvalue weighted by atomic mass is 9.75. The first kappa shape index (κ1) is 26.7. The summed E-state index contributed by atoms with van der Waals surface area (Å²) in [4.78, 5) is 27.5. The number of anilines is 2. The fraction of sp³-hybridized carbons (Fsp3) is 0.276. The highest BCUT2D eigenvalue weighted by atomic mass is 32.2. The molecule has 1 amide bonds. The summed E-state index contributed by atoms with van der Waals surface area (Å²) in [6.45, 7) is 4.03. The van der Waals surface area contributed by atoms with Crippen molar-refractivity contribution in [1.29, 1.82) is 5.26 Å². The lowest BCUT2D eigenvalue weighted by Crippen LogP contribution is -2.38. The number of amides is 1. The molecule has 39 heavy (non-hydrogen) atoms. The number of Topliss-reactive ketones (excluding diaryl/α,β-unsaturated/α-hetero) is 1. The van der Waals surface area contributed by atoms with Crippen LogP contribution < -0.4 is 16.0 Å². The van der Waals surface area contributed by atoms with Gasteiger partial charge in [-0.05, 0) is 48.9 Å². The molecule has 3 N–H and O–H groups in total. The zero-order valence-corrected chi connectivity index (χ0v) is 23.4. The zero-order chi connectivity index (χ0) is 27.5. The third kappa shape index (κ3) is 5.33. The second-order valence-corrected chi connectivity index (χ2v) is 11.6. The van der Waals surface area contributed by atoms with E-state index in [0.29, 0.717) is 39.9 Å². The minimum atomic E-state index is -0.508. The Morgan fingerprint density at radius 1 is 1.21 bits per heavy atom. The van der Waals surface area contributed by atoms with E-state index in [1.807, 2.05) is 55.5 Å². The van der Waals surface area contributed by atoms with E-state index in [9.17, 15) is 14.9 Å². The summed E-state index contributed by atoms with van der Waals surface area (Å²) >= 11 is 2.56. The Kier molecular flexibility index (Phi) is 7.82. The van der Waals surface area contributed by atoms with Crippen molar-refractivity contribution in [2.45, 2.75) is 49.8 Å². The molecule has 1 aliphatic heterocycles. The van der Waals surface area contributed by atoms with Gasteiger partial charge < -0.3 is 11.1 Å². The number of nitrogens with zero attached hydrogens (tertiary/aromatic N) is 4. The standard InChI is InChI=1S/C29H28N6O2S2/c1-3-18-11-13-19(14-12-18)25-20(15-30)27(31)35(22-9-6-10-23(36)26(22)25)28-33-34-29(39-28)38-16-24(37)32-21-8-5-4-7-17(21)2/h4-5,7-8,11-14,25H,3,6,9-10,16,31H2,1-2H3,(H,32,37). The molecule has 198 valence electrons. The summed E-state index contributed by atoms with van der Waals surface area (Å²) in [6, 6.07) is 17.9. The van der Waals surface area contributed by atoms with E-state index in [2.05, 4.69) is 28.5 Å². The van der Waals surface area contributed by atoms with Gasteiger partial charge in [-0.15, -0.1) is 10.2 Å². The van der Waals surface area contributed by atoms with Gasteiger partial charge in [0.1, 0.15) is 5.82 Å². The van der Waals surface area contributed by atoms with Crippen molar-refractivity contribution in [3.8, 4) is 6.07 Å². The Morgan fingerprint density at radius 2 is 1.97 bits per heavy atom. The van der Waals surface area contributed by atoms with Gasteiger partial charge in [-0.2, -0.15) is 5.26 Å². The molecule has 0 saturated carbocycles. The number of para-hydroxylation sites is 1. The molecule has 2 aliphatic rings.